The van der Waals surface area contributed by atoms with Crippen LogP contribution in [0.25, 0.3) is 0 Å². The Bertz CT molecular complexity index is 716. The molecule has 1 aromatic heterocycles. The van der Waals surface area contributed by atoms with E-state index in [4.69, 9.17) is 20.8 Å². The highest BCUT2D eigenvalue weighted by Gasteiger charge is 2.34. The molecule has 7 heteroatoms. The summed E-state index contributed by atoms with van der Waals surface area (Å²) in [6, 6.07) is 12.1. The molecule has 2 N–H and O–H groups in total. The number of hydrogen-bond donors (Lipinski definition) is 2. The molecule has 5 nitrogen and oxygen atoms in total. The lowest BCUT2D eigenvalue weighted by Crippen LogP contribution is -2.48. The lowest BCUT2D eigenvalue weighted by Gasteiger charge is -2.38. The first-order valence-electron chi connectivity index (χ1n) is 9.03. The first-order chi connectivity index (χ1) is 12.7. The Morgan fingerprint density at radius 2 is 2.00 bits per heavy atom. The third kappa shape index (κ3) is 6.12. The fourth-order valence-corrected chi connectivity index (χ4v) is 3.57. The lowest BCUT2D eigenvalue weighted by molar-refractivity contribution is 0.0514. The van der Waals surface area contributed by atoms with Gasteiger partial charge in [0.05, 0.1) is 6.26 Å². The topological polar surface area (TPSA) is 58.8 Å². The van der Waals surface area contributed by atoms with Gasteiger partial charge in [-0.25, -0.2) is 0 Å². The first-order valence-corrected chi connectivity index (χ1v) is 9.40. The summed E-state index contributed by atoms with van der Waals surface area (Å²) >= 11 is 6.24. The smallest absolute Gasteiger partial charge is 0.191 e. The van der Waals surface area contributed by atoms with Gasteiger partial charge in [0.15, 0.2) is 5.96 Å². The highest BCUT2D eigenvalue weighted by Crippen LogP contribution is 2.35. The van der Waals surface area contributed by atoms with Crippen molar-refractivity contribution >= 4 is 41.5 Å². The maximum absolute atomic E-state index is 6.24. The fourth-order valence-electron chi connectivity index (χ4n) is 3.38. The van der Waals surface area contributed by atoms with E-state index in [1.165, 1.54) is 5.56 Å². The molecule has 27 heavy (non-hydrogen) atoms. The van der Waals surface area contributed by atoms with Gasteiger partial charge in [0.25, 0.3) is 0 Å². The molecule has 148 valence electrons. The zero-order valence-electron chi connectivity index (χ0n) is 15.5. The second-order valence-electron chi connectivity index (χ2n) is 6.58. The molecule has 0 saturated carbocycles. The predicted octanol–water partition coefficient (Wildman–Crippen LogP) is 4.01. The number of benzene rings is 1. The van der Waals surface area contributed by atoms with Crippen molar-refractivity contribution < 1.29 is 9.15 Å². The van der Waals surface area contributed by atoms with Crippen LogP contribution in [0.2, 0.25) is 5.02 Å². The van der Waals surface area contributed by atoms with Crippen molar-refractivity contribution in [1.29, 1.82) is 0 Å². The SMILES string of the molecule is CN=C(NCCc1ccco1)NCC1(c2cccc(Cl)c2)CCOCC1.I. The van der Waals surface area contributed by atoms with Gasteiger partial charge in [0.2, 0.25) is 0 Å². The summed E-state index contributed by atoms with van der Waals surface area (Å²) in [5.74, 6) is 1.76. The number of guanidine groups is 1. The first kappa shape index (κ1) is 22.0. The van der Waals surface area contributed by atoms with Gasteiger partial charge in [-0.05, 0) is 42.7 Å². The fraction of sp³-hybridized carbons (Fsp3) is 0.450. The van der Waals surface area contributed by atoms with Crippen LogP contribution in [0.4, 0.5) is 0 Å². The van der Waals surface area contributed by atoms with Gasteiger partial charge < -0.3 is 19.8 Å². The highest BCUT2D eigenvalue weighted by atomic mass is 127. The van der Waals surface area contributed by atoms with Crippen LogP contribution in [0.15, 0.2) is 52.1 Å². The lowest BCUT2D eigenvalue weighted by atomic mass is 9.74. The molecular weight excluding hydrogens is 477 g/mol. The van der Waals surface area contributed by atoms with E-state index in [2.05, 4.69) is 27.8 Å². The summed E-state index contributed by atoms with van der Waals surface area (Å²) < 4.78 is 11.0. The average molecular weight is 504 g/mol. The molecule has 1 aliphatic rings. The molecule has 1 fully saturated rings. The van der Waals surface area contributed by atoms with E-state index in [-0.39, 0.29) is 29.4 Å². The van der Waals surface area contributed by atoms with Gasteiger partial charge in [-0.2, -0.15) is 0 Å². The molecule has 1 aliphatic heterocycles. The molecule has 0 bridgehead atoms. The van der Waals surface area contributed by atoms with Gasteiger partial charge >= 0.3 is 0 Å². The van der Waals surface area contributed by atoms with E-state index >= 15 is 0 Å². The minimum atomic E-state index is 0. The quantitative estimate of drug-likeness (QED) is 0.355. The van der Waals surface area contributed by atoms with Crippen LogP contribution in [0.3, 0.4) is 0 Å². The molecule has 0 unspecified atom stereocenters. The van der Waals surface area contributed by atoms with E-state index in [0.717, 1.165) is 62.3 Å². The van der Waals surface area contributed by atoms with Gasteiger partial charge in [-0.3, -0.25) is 4.99 Å². The molecule has 1 aromatic carbocycles. The molecule has 0 atom stereocenters. The molecule has 2 aromatic rings. The van der Waals surface area contributed by atoms with Crippen molar-refractivity contribution in [1.82, 2.24) is 10.6 Å². The summed E-state index contributed by atoms with van der Waals surface area (Å²) in [6.45, 7) is 3.08. The van der Waals surface area contributed by atoms with Crippen LogP contribution in [0, 0.1) is 0 Å². The molecule has 3 rings (SSSR count). The summed E-state index contributed by atoms with van der Waals surface area (Å²) in [4.78, 5) is 4.34. The van der Waals surface area contributed by atoms with Crippen molar-refractivity contribution in [2.24, 2.45) is 4.99 Å². The number of rotatable bonds is 6. The number of furan rings is 1. The minimum Gasteiger partial charge on any atom is -0.469 e. The zero-order valence-corrected chi connectivity index (χ0v) is 18.6. The summed E-state index contributed by atoms with van der Waals surface area (Å²) in [7, 11) is 1.79. The largest absolute Gasteiger partial charge is 0.469 e. The Balaban J connectivity index is 0.00000261. The van der Waals surface area contributed by atoms with Crippen LogP contribution in [-0.2, 0) is 16.6 Å². The summed E-state index contributed by atoms with van der Waals surface area (Å²) in [6.07, 6.45) is 4.44. The number of hydrogen-bond acceptors (Lipinski definition) is 3. The van der Waals surface area contributed by atoms with Gasteiger partial charge in [-0.1, -0.05) is 23.7 Å². The monoisotopic (exact) mass is 503 g/mol. The van der Waals surface area contributed by atoms with E-state index < -0.39 is 0 Å². The van der Waals surface area contributed by atoms with Crippen LogP contribution >= 0.6 is 35.6 Å². The van der Waals surface area contributed by atoms with Crippen LogP contribution < -0.4 is 10.6 Å². The molecule has 0 spiro atoms. The van der Waals surface area contributed by atoms with Crippen LogP contribution in [-0.4, -0.2) is 39.3 Å². The highest BCUT2D eigenvalue weighted by molar-refractivity contribution is 14.0. The van der Waals surface area contributed by atoms with Crippen molar-refractivity contribution in [2.75, 3.05) is 33.4 Å². The standard InChI is InChI=1S/C20H26ClN3O2.HI/c1-22-19(23-10-7-18-6-3-11-26-18)24-15-20(8-12-25-13-9-20)16-4-2-5-17(21)14-16;/h2-6,11,14H,7-10,12-13,15H2,1H3,(H2,22,23,24);1H. The number of nitrogens with zero attached hydrogens (tertiary/aromatic N) is 1. The van der Waals surface area contributed by atoms with Gasteiger partial charge in [0, 0.05) is 50.2 Å². The van der Waals surface area contributed by atoms with E-state index in [1.54, 1.807) is 13.3 Å². The van der Waals surface area contributed by atoms with E-state index in [1.807, 2.05) is 24.3 Å². The Morgan fingerprint density at radius 3 is 2.67 bits per heavy atom. The third-order valence-corrected chi connectivity index (χ3v) is 5.18. The van der Waals surface area contributed by atoms with Crippen LogP contribution in [0.5, 0.6) is 0 Å². The molecule has 2 heterocycles. The third-order valence-electron chi connectivity index (χ3n) is 4.95. The maximum Gasteiger partial charge on any atom is 0.191 e. The van der Waals surface area contributed by atoms with E-state index in [0.29, 0.717) is 0 Å². The molecule has 1 saturated heterocycles. The molecular formula is C20H27ClIN3O2. The molecule has 0 radical (unpaired) electrons. The number of ether oxygens (including phenoxy) is 1. The number of nitrogens with one attached hydrogen (secondary N) is 2. The Kier molecular flexibility index (Phi) is 8.92. The predicted molar refractivity (Wildman–Crippen MR) is 120 cm³/mol. The van der Waals surface area contributed by atoms with Crippen molar-refractivity contribution in [2.45, 2.75) is 24.7 Å². The Labute approximate surface area is 182 Å². The normalized spacial score (nSPS) is 16.4. The van der Waals surface area contributed by atoms with Crippen molar-refractivity contribution in [3.05, 3.63) is 59.0 Å². The van der Waals surface area contributed by atoms with Crippen LogP contribution in [0.1, 0.15) is 24.2 Å². The Hall–Kier alpha value is -1.25. The molecule has 0 amide bonds. The number of aliphatic imine (C=N–C) groups is 1. The second kappa shape index (κ2) is 10.9. The summed E-state index contributed by atoms with van der Waals surface area (Å²) in [5.41, 5.74) is 1.26. The molecule has 0 aliphatic carbocycles. The van der Waals surface area contributed by atoms with Crippen molar-refractivity contribution in [3.8, 4) is 0 Å². The minimum absolute atomic E-state index is 0. The Morgan fingerprint density at radius 1 is 1.19 bits per heavy atom. The zero-order chi connectivity index (χ0) is 18.2. The number of halogens is 2. The second-order valence-corrected chi connectivity index (χ2v) is 7.02. The van der Waals surface area contributed by atoms with Gasteiger partial charge in [0.1, 0.15) is 5.76 Å². The summed E-state index contributed by atoms with van der Waals surface area (Å²) in [5, 5.41) is 7.61. The maximum atomic E-state index is 6.24. The van der Waals surface area contributed by atoms with E-state index in [9.17, 15) is 0 Å². The van der Waals surface area contributed by atoms with Gasteiger partial charge in [-0.15, -0.1) is 24.0 Å². The average Bonchev–Trinajstić information content (AvgIpc) is 3.19. The van der Waals surface area contributed by atoms with Crippen molar-refractivity contribution in [3.63, 3.8) is 0 Å².